The summed E-state index contributed by atoms with van der Waals surface area (Å²) in [7, 11) is 0. The predicted octanol–water partition coefficient (Wildman–Crippen LogP) is 5.45. The van der Waals surface area contributed by atoms with Crippen LogP contribution >= 0.6 is 11.3 Å². The summed E-state index contributed by atoms with van der Waals surface area (Å²) in [4.78, 5) is 11.3. The van der Waals surface area contributed by atoms with E-state index in [0.717, 1.165) is 49.3 Å². The van der Waals surface area contributed by atoms with Gasteiger partial charge in [-0.15, -0.1) is 11.3 Å². The highest BCUT2D eigenvalue weighted by atomic mass is 32.1. The van der Waals surface area contributed by atoms with Crippen molar-refractivity contribution in [1.29, 1.82) is 5.26 Å². The molecule has 2 N–H and O–H groups in total. The van der Waals surface area contributed by atoms with Gasteiger partial charge in [0.2, 0.25) is 0 Å². The number of nitrogens with zero attached hydrogens (tertiary/aromatic N) is 4. The molecule has 0 bridgehead atoms. The first kappa shape index (κ1) is 23.5. The molecule has 2 aromatic heterocycles. The number of ether oxygens (including phenoxy) is 2. The summed E-state index contributed by atoms with van der Waals surface area (Å²) in [6, 6.07) is 4.93. The maximum atomic E-state index is 16.4. The van der Waals surface area contributed by atoms with E-state index in [2.05, 4.69) is 27.5 Å². The van der Waals surface area contributed by atoms with E-state index in [0.29, 0.717) is 28.5 Å². The lowest BCUT2D eigenvalue weighted by Crippen LogP contribution is -2.43. The van der Waals surface area contributed by atoms with E-state index < -0.39 is 11.6 Å². The largest absolute Gasteiger partial charge is 0.461 e. The van der Waals surface area contributed by atoms with Gasteiger partial charge in [-0.2, -0.15) is 10.2 Å². The lowest BCUT2D eigenvalue weighted by molar-refractivity contribution is 0.108. The van der Waals surface area contributed by atoms with Crippen LogP contribution in [0.1, 0.15) is 36.0 Å². The van der Waals surface area contributed by atoms with E-state index >= 15 is 4.39 Å². The van der Waals surface area contributed by atoms with E-state index in [1.807, 2.05) is 0 Å². The van der Waals surface area contributed by atoms with Crippen LogP contribution in [0, 0.1) is 23.0 Å². The zero-order valence-electron chi connectivity index (χ0n) is 20.4. The smallest absolute Gasteiger partial charge is 0.317 e. The molecule has 2 saturated heterocycles. The predicted molar refractivity (Wildman–Crippen MR) is 141 cm³/mol. The molecular formula is C28H23F2N5O2S. The van der Waals surface area contributed by atoms with Gasteiger partial charge in [-0.3, -0.25) is 4.90 Å². The molecule has 1 atom stereocenters. The molecule has 3 aliphatic rings. The molecule has 0 saturated carbocycles. The summed E-state index contributed by atoms with van der Waals surface area (Å²) in [5.74, 6) is -1.10. The molecule has 7 nitrogen and oxygen atoms in total. The number of hydrogen-bond donors (Lipinski definition) is 1. The second-order valence-electron chi connectivity index (χ2n) is 10.3. The first-order valence-electron chi connectivity index (χ1n) is 12.4. The quantitative estimate of drug-likeness (QED) is 0.350. The van der Waals surface area contributed by atoms with Crippen LogP contribution in [0.5, 0.6) is 6.01 Å². The number of nitrogens with two attached hydrogens (primary N) is 1. The van der Waals surface area contributed by atoms with Crippen LogP contribution in [-0.2, 0) is 18.0 Å². The highest BCUT2D eigenvalue weighted by Gasteiger charge is 2.46. The number of nitriles is 1. The van der Waals surface area contributed by atoms with Crippen molar-refractivity contribution in [2.45, 2.75) is 38.0 Å². The topological polar surface area (TPSA) is 97.3 Å². The number of benzene rings is 2. The Labute approximate surface area is 221 Å². The fraction of sp³-hybridized carbons (Fsp3) is 0.321. The normalized spacial score (nSPS) is 20.8. The van der Waals surface area contributed by atoms with E-state index in [1.54, 1.807) is 6.20 Å². The summed E-state index contributed by atoms with van der Waals surface area (Å²) in [5.41, 5.74) is 9.39. The maximum Gasteiger partial charge on any atom is 0.317 e. The van der Waals surface area contributed by atoms with Gasteiger partial charge in [-0.1, -0.05) is 18.2 Å². The average molecular weight is 532 g/mol. The number of anilines is 1. The van der Waals surface area contributed by atoms with E-state index in [9.17, 15) is 9.65 Å². The first-order valence-corrected chi connectivity index (χ1v) is 13.2. The van der Waals surface area contributed by atoms with Crippen molar-refractivity contribution < 1.29 is 18.3 Å². The molecule has 2 aromatic carbocycles. The molecular weight excluding hydrogens is 508 g/mol. The number of halogens is 2. The number of nitrogen functional groups attached to an aromatic ring is 1. The van der Waals surface area contributed by atoms with Crippen LogP contribution in [0.4, 0.5) is 13.8 Å². The third-order valence-corrected chi connectivity index (χ3v) is 9.11. The lowest BCUT2D eigenvalue weighted by atomic mass is 9.91. The Bertz CT molecular complexity index is 1730. The standard InChI is InChI=1S/C28H23F2N5O2S/c1-14-7-28(5-2-6-35(28)10-14)13-37-27-33-9-17-18-11-36-12-19(18)21(23(30)24(17)34-27)15-3-4-20(29)25-22(15)16(8-31)26(32)38-25/h3-4,9H,1-2,5-7,10-13,32H2/t28-/m0/s1. The van der Waals surface area contributed by atoms with Crippen molar-refractivity contribution in [3.8, 4) is 23.2 Å². The third kappa shape index (κ3) is 3.29. The molecule has 0 radical (unpaired) electrons. The van der Waals surface area contributed by atoms with Crippen molar-refractivity contribution in [3.05, 3.63) is 58.8 Å². The Morgan fingerprint density at radius 1 is 1.29 bits per heavy atom. The molecule has 4 aromatic rings. The van der Waals surface area contributed by atoms with Gasteiger partial charge in [-0.25, -0.2) is 13.8 Å². The second-order valence-corrected chi connectivity index (χ2v) is 11.3. The Balaban J connectivity index is 1.37. The monoisotopic (exact) mass is 531 g/mol. The second kappa shape index (κ2) is 8.43. The SMILES string of the molecule is C=C1CN2CCC[C@@]2(COc2ncc3c4c(c(-c5ccc(F)c6sc(N)c(C#N)c56)c(F)c3n2)COC4)C1. The van der Waals surface area contributed by atoms with Gasteiger partial charge < -0.3 is 15.2 Å². The molecule has 192 valence electrons. The van der Waals surface area contributed by atoms with Crippen LogP contribution in [-0.4, -0.2) is 40.1 Å². The summed E-state index contributed by atoms with van der Waals surface area (Å²) in [5, 5.41) is 10.8. The molecule has 10 heteroatoms. The Hall–Kier alpha value is -3.65. The van der Waals surface area contributed by atoms with Crippen LogP contribution in [0.3, 0.4) is 0 Å². The maximum absolute atomic E-state index is 16.4. The van der Waals surface area contributed by atoms with Crippen molar-refractivity contribution in [1.82, 2.24) is 14.9 Å². The van der Waals surface area contributed by atoms with Crippen molar-refractivity contribution in [3.63, 3.8) is 0 Å². The van der Waals surface area contributed by atoms with Crippen molar-refractivity contribution in [2.75, 3.05) is 25.4 Å². The first-order chi connectivity index (χ1) is 18.4. The fourth-order valence-electron chi connectivity index (χ4n) is 6.40. The third-order valence-electron chi connectivity index (χ3n) is 8.08. The van der Waals surface area contributed by atoms with Gasteiger partial charge in [0.05, 0.1) is 29.0 Å². The zero-order valence-corrected chi connectivity index (χ0v) is 21.3. The minimum absolute atomic E-state index is 0.0988. The molecule has 7 rings (SSSR count). The summed E-state index contributed by atoms with van der Waals surface area (Å²) >= 11 is 0.980. The summed E-state index contributed by atoms with van der Waals surface area (Å²) < 4.78 is 43.2. The van der Waals surface area contributed by atoms with Crippen molar-refractivity contribution in [2.24, 2.45) is 0 Å². The van der Waals surface area contributed by atoms with Crippen LogP contribution < -0.4 is 10.5 Å². The van der Waals surface area contributed by atoms with E-state index in [1.165, 1.54) is 17.7 Å². The van der Waals surface area contributed by atoms with Crippen LogP contribution in [0.2, 0.25) is 0 Å². The molecule has 2 fully saturated rings. The minimum Gasteiger partial charge on any atom is -0.461 e. The number of aromatic nitrogens is 2. The fourth-order valence-corrected chi connectivity index (χ4v) is 7.35. The molecule has 0 amide bonds. The van der Waals surface area contributed by atoms with Gasteiger partial charge in [0.1, 0.15) is 29.0 Å². The van der Waals surface area contributed by atoms with Gasteiger partial charge in [0, 0.05) is 29.1 Å². The molecule has 0 aliphatic carbocycles. The van der Waals surface area contributed by atoms with E-state index in [4.69, 9.17) is 15.2 Å². The Morgan fingerprint density at radius 2 is 2.13 bits per heavy atom. The molecule has 38 heavy (non-hydrogen) atoms. The highest BCUT2D eigenvalue weighted by Crippen LogP contribution is 2.46. The van der Waals surface area contributed by atoms with Gasteiger partial charge in [0.15, 0.2) is 5.82 Å². The number of thiophene rings is 1. The van der Waals surface area contributed by atoms with Crippen LogP contribution in [0.15, 0.2) is 30.5 Å². The van der Waals surface area contributed by atoms with Crippen molar-refractivity contribution >= 4 is 37.3 Å². The zero-order chi connectivity index (χ0) is 26.2. The molecule has 0 unspecified atom stereocenters. The summed E-state index contributed by atoms with van der Waals surface area (Å²) in [6.07, 6.45) is 4.56. The van der Waals surface area contributed by atoms with Gasteiger partial charge in [-0.05, 0) is 48.6 Å². The Kier molecular flexibility index (Phi) is 5.20. The van der Waals surface area contributed by atoms with Crippen LogP contribution in [0.25, 0.3) is 32.1 Å². The molecule has 5 heterocycles. The number of rotatable bonds is 4. The highest BCUT2D eigenvalue weighted by molar-refractivity contribution is 7.23. The molecule has 0 spiro atoms. The number of fused-ring (bicyclic) bond motifs is 5. The Morgan fingerprint density at radius 3 is 2.97 bits per heavy atom. The lowest BCUT2D eigenvalue weighted by Gasteiger charge is -2.30. The minimum atomic E-state index is -0.590. The average Bonchev–Trinajstić information content (AvgIpc) is 3.66. The van der Waals surface area contributed by atoms with Gasteiger partial charge >= 0.3 is 6.01 Å². The number of hydrogen-bond acceptors (Lipinski definition) is 8. The van der Waals surface area contributed by atoms with Gasteiger partial charge in [0.25, 0.3) is 0 Å². The van der Waals surface area contributed by atoms with E-state index in [-0.39, 0.29) is 51.1 Å². The summed E-state index contributed by atoms with van der Waals surface area (Å²) in [6.45, 7) is 6.89. The molecule has 3 aliphatic heterocycles.